The predicted molar refractivity (Wildman–Crippen MR) is 184 cm³/mol. The molecule has 0 aromatic heterocycles. The van der Waals surface area contributed by atoms with Crippen molar-refractivity contribution in [2.45, 2.75) is 116 Å². The van der Waals surface area contributed by atoms with E-state index in [-0.39, 0.29) is 31.0 Å². The van der Waals surface area contributed by atoms with Crippen LogP contribution in [-0.4, -0.2) is 73.3 Å². The smallest absolute Gasteiger partial charge is 0.336 e. The molecule has 0 saturated heterocycles. The second-order valence-corrected chi connectivity index (χ2v) is 14.1. The first-order chi connectivity index (χ1) is 22.4. The number of carbonyl (C=O) groups is 3. The Bertz CT molecular complexity index is 1280. The number of allylic oxidation sites excluding steroid dienone is 1. The summed E-state index contributed by atoms with van der Waals surface area (Å²) in [7, 11) is -1.85. The highest BCUT2D eigenvalue weighted by atomic mass is 32.2. The molecule has 3 N–H and O–H groups in total. The number of aliphatic hydroxyl groups is 1. The first-order valence-corrected chi connectivity index (χ1v) is 18.6. The fraction of sp³-hybridized carbons (Fsp3) is 0.639. The van der Waals surface area contributed by atoms with Crippen molar-refractivity contribution in [3.8, 4) is 17.6 Å². The molecule has 0 aliphatic heterocycles. The molecule has 1 aromatic rings. The Morgan fingerprint density at radius 2 is 1.57 bits per heavy atom. The van der Waals surface area contributed by atoms with Gasteiger partial charge in [-0.15, -0.1) is 5.92 Å². The van der Waals surface area contributed by atoms with Gasteiger partial charge in [0.05, 0.1) is 24.5 Å². The number of carboxylic acids is 1. The molecular formula is C36H55NO9S. The topological polar surface area (TPSA) is 156 Å². The zero-order valence-electron chi connectivity index (χ0n) is 28.6. The highest BCUT2D eigenvalue weighted by molar-refractivity contribution is 7.91. The molecule has 3 atom stereocenters. The van der Waals surface area contributed by atoms with Crippen molar-refractivity contribution in [3.63, 3.8) is 0 Å². The van der Waals surface area contributed by atoms with E-state index in [2.05, 4.69) is 24.1 Å². The number of unbranched alkanes of at least 4 members (excludes halogenated alkanes) is 8. The molecule has 0 saturated carbocycles. The largest absolute Gasteiger partial charge is 0.481 e. The lowest BCUT2D eigenvalue weighted by Gasteiger charge is -2.30. The van der Waals surface area contributed by atoms with Crippen LogP contribution >= 0.6 is 0 Å². The molecule has 0 fully saturated rings. The van der Waals surface area contributed by atoms with E-state index in [4.69, 9.17) is 9.47 Å². The number of hydrogen-bond acceptors (Lipinski definition) is 8. The molecule has 47 heavy (non-hydrogen) atoms. The van der Waals surface area contributed by atoms with E-state index >= 15 is 0 Å². The van der Waals surface area contributed by atoms with Gasteiger partial charge in [0.25, 0.3) is 0 Å². The van der Waals surface area contributed by atoms with Crippen LogP contribution in [0.15, 0.2) is 36.4 Å². The van der Waals surface area contributed by atoms with Crippen molar-refractivity contribution < 1.29 is 42.5 Å². The number of aliphatic carboxylic acids is 1. The summed E-state index contributed by atoms with van der Waals surface area (Å²) >= 11 is 0. The third-order valence-electron chi connectivity index (χ3n) is 7.92. The fourth-order valence-corrected chi connectivity index (χ4v) is 6.68. The highest BCUT2D eigenvalue weighted by Crippen LogP contribution is 2.27. The van der Waals surface area contributed by atoms with Gasteiger partial charge in [0.1, 0.15) is 28.2 Å². The van der Waals surface area contributed by atoms with E-state index in [0.717, 1.165) is 38.5 Å². The van der Waals surface area contributed by atoms with Gasteiger partial charge in [0, 0.05) is 6.42 Å². The van der Waals surface area contributed by atoms with Crippen molar-refractivity contribution >= 4 is 27.7 Å². The van der Waals surface area contributed by atoms with Crippen LogP contribution in [0.2, 0.25) is 0 Å². The minimum absolute atomic E-state index is 0.0672. The van der Waals surface area contributed by atoms with Gasteiger partial charge in [-0.25, -0.2) is 18.0 Å². The minimum atomic E-state index is -3.05. The lowest BCUT2D eigenvalue weighted by molar-refractivity contribution is -0.167. The second-order valence-electron chi connectivity index (χ2n) is 11.8. The molecule has 0 aliphatic rings. The standard InChI is InChI=1S/C36H55NO9S/c1-5-8-10-14-17-26-47(43,44)27-18-15-12-11-13-16-19-31(36(42,24-7-3)35(40)41)33(38)37-32(34(39)45-4)28-29-20-22-30(23-21-29)46-25-9-6-2/h16,19-23,31-32,42H,5,7-8,10-15,17-18,24-28H2,1-4H3,(H,37,38)(H,40,41)/b19-16+/t31-,32+,36+/m1/s1. The molecule has 1 rings (SSSR count). The van der Waals surface area contributed by atoms with Gasteiger partial charge >= 0.3 is 11.9 Å². The number of benzene rings is 1. The summed E-state index contributed by atoms with van der Waals surface area (Å²) in [6.07, 6.45) is 11.5. The summed E-state index contributed by atoms with van der Waals surface area (Å²) in [6, 6.07) is 5.78. The van der Waals surface area contributed by atoms with Crippen molar-refractivity contribution in [3.05, 3.63) is 42.0 Å². The van der Waals surface area contributed by atoms with Crippen LogP contribution in [0.4, 0.5) is 0 Å². The monoisotopic (exact) mass is 677 g/mol. The number of amides is 1. The number of carbonyl (C=O) groups excluding carboxylic acids is 2. The van der Waals surface area contributed by atoms with Crippen LogP contribution < -0.4 is 10.1 Å². The molecule has 0 radical (unpaired) electrons. The van der Waals surface area contributed by atoms with Crippen LogP contribution in [0, 0.1) is 17.8 Å². The Labute approximate surface area is 281 Å². The van der Waals surface area contributed by atoms with E-state index in [0.29, 0.717) is 43.4 Å². The maximum atomic E-state index is 13.5. The summed E-state index contributed by atoms with van der Waals surface area (Å²) in [4.78, 5) is 38.4. The summed E-state index contributed by atoms with van der Waals surface area (Å²) in [5.74, 6) is 2.02. The molecule has 0 aliphatic carbocycles. The number of ether oxygens (including phenoxy) is 2. The van der Waals surface area contributed by atoms with Crippen LogP contribution in [-0.2, 0) is 35.4 Å². The molecule has 264 valence electrons. The number of carboxylic acid groups (broad SMARTS) is 1. The molecule has 11 heteroatoms. The maximum Gasteiger partial charge on any atom is 0.336 e. The normalized spacial score (nSPS) is 14.0. The average Bonchev–Trinajstić information content (AvgIpc) is 3.04. The maximum absolute atomic E-state index is 13.5. The van der Waals surface area contributed by atoms with Crippen LogP contribution in [0.5, 0.6) is 5.75 Å². The fourth-order valence-electron chi connectivity index (χ4n) is 5.18. The molecule has 1 amide bonds. The molecule has 0 heterocycles. The van der Waals surface area contributed by atoms with Gasteiger partial charge in [0.15, 0.2) is 5.60 Å². The van der Waals surface area contributed by atoms with Gasteiger partial charge in [0.2, 0.25) is 5.91 Å². The molecule has 0 bridgehead atoms. The van der Waals surface area contributed by atoms with Gasteiger partial charge < -0.3 is 25.0 Å². The Kier molecular flexibility index (Phi) is 20.4. The number of rotatable bonds is 25. The van der Waals surface area contributed by atoms with E-state index in [1.54, 1.807) is 44.2 Å². The Morgan fingerprint density at radius 1 is 0.957 bits per heavy atom. The molecule has 10 nitrogen and oxygen atoms in total. The van der Waals surface area contributed by atoms with Crippen LogP contribution in [0.3, 0.4) is 0 Å². The Balaban J connectivity index is 2.85. The summed E-state index contributed by atoms with van der Waals surface area (Å²) in [5, 5.41) is 23.7. The first kappa shape index (κ1) is 41.7. The molecule has 0 unspecified atom stereocenters. The van der Waals surface area contributed by atoms with Crippen molar-refractivity contribution in [1.29, 1.82) is 0 Å². The van der Waals surface area contributed by atoms with Crippen molar-refractivity contribution in [2.24, 2.45) is 5.92 Å². The Hall–Kier alpha value is -3.36. The van der Waals surface area contributed by atoms with Gasteiger partial charge in [-0.2, -0.15) is 0 Å². The van der Waals surface area contributed by atoms with Gasteiger partial charge in [-0.1, -0.05) is 89.0 Å². The second kappa shape index (κ2) is 23.0. The van der Waals surface area contributed by atoms with Gasteiger partial charge in [-0.05, 0) is 56.7 Å². The predicted octanol–water partition coefficient (Wildman–Crippen LogP) is 5.41. The van der Waals surface area contributed by atoms with Gasteiger partial charge in [-0.3, -0.25) is 4.79 Å². The number of hydrogen-bond donors (Lipinski definition) is 3. The Morgan fingerprint density at radius 3 is 2.13 bits per heavy atom. The van der Waals surface area contributed by atoms with E-state index in [1.807, 2.05) is 0 Å². The third-order valence-corrected chi connectivity index (χ3v) is 9.74. The SMILES string of the molecule is CC#CCOc1ccc(C[C@H](NC(=O)[C@@H](/C=C/CCCCCCS(=O)(=O)CCCCCCC)[C@@](O)(CCC)C(=O)O)C(=O)OC)cc1. The summed E-state index contributed by atoms with van der Waals surface area (Å²) in [6.45, 7) is 5.78. The van der Waals surface area contributed by atoms with E-state index in [1.165, 1.54) is 13.2 Å². The number of sulfone groups is 1. The van der Waals surface area contributed by atoms with E-state index < -0.39 is 45.2 Å². The summed E-state index contributed by atoms with van der Waals surface area (Å²) in [5.41, 5.74) is -1.69. The molecule has 1 aromatic carbocycles. The average molecular weight is 678 g/mol. The van der Waals surface area contributed by atoms with Crippen LogP contribution in [0.1, 0.15) is 103 Å². The lowest BCUT2D eigenvalue weighted by Crippen LogP contribution is -2.54. The van der Waals surface area contributed by atoms with Crippen molar-refractivity contribution in [1.82, 2.24) is 5.32 Å². The molecular weight excluding hydrogens is 622 g/mol. The van der Waals surface area contributed by atoms with Crippen molar-refractivity contribution in [2.75, 3.05) is 25.2 Å². The number of esters is 1. The lowest BCUT2D eigenvalue weighted by atomic mass is 9.82. The number of nitrogens with one attached hydrogen (secondary N) is 1. The highest BCUT2D eigenvalue weighted by Gasteiger charge is 2.46. The zero-order valence-corrected chi connectivity index (χ0v) is 29.4. The molecule has 0 spiro atoms. The number of methoxy groups -OCH3 is 1. The van der Waals surface area contributed by atoms with Crippen LogP contribution in [0.25, 0.3) is 0 Å². The minimum Gasteiger partial charge on any atom is -0.481 e. The van der Waals surface area contributed by atoms with E-state index in [9.17, 15) is 33.0 Å². The summed E-state index contributed by atoms with van der Waals surface area (Å²) < 4.78 is 35.0. The zero-order chi connectivity index (χ0) is 35.1. The third kappa shape index (κ3) is 16.3. The first-order valence-electron chi connectivity index (χ1n) is 16.8. The quantitative estimate of drug-likeness (QED) is 0.0533.